The Morgan fingerprint density at radius 3 is 1.92 bits per heavy atom. The Morgan fingerprint density at radius 2 is 1.52 bits per heavy atom. The molecule has 0 aromatic heterocycles. The summed E-state index contributed by atoms with van der Waals surface area (Å²) in [5.41, 5.74) is 3.44. The van der Waals surface area contributed by atoms with Gasteiger partial charge < -0.3 is 5.11 Å². The van der Waals surface area contributed by atoms with Crippen molar-refractivity contribution in [2.45, 2.75) is 27.2 Å². The van der Waals surface area contributed by atoms with Crippen molar-refractivity contribution in [3.8, 4) is 16.9 Å². The molecule has 2 aromatic carbocycles. The Labute approximate surface area is 175 Å². The van der Waals surface area contributed by atoms with Gasteiger partial charge in [-0.2, -0.15) is 6.08 Å². The molecule has 1 N–H and O–H groups in total. The molecule has 0 saturated carbocycles. The molecule has 1 nitrogen and oxygen atoms in total. The summed E-state index contributed by atoms with van der Waals surface area (Å²) in [6.45, 7) is 6.23. The first kappa shape index (κ1) is 26.1. The zero-order valence-electron chi connectivity index (χ0n) is 14.8. The maximum atomic E-state index is 9.27. The molecule has 0 saturated heterocycles. The fraction of sp³-hybridized carbons (Fsp3) is 0.190. The van der Waals surface area contributed by atoms with Crippen molar-refractivity contribution >= 4 is 28.6 Å². The van der Waals surface area contributed by atoms with Crippen LogP contribution < -0.4 is 0 Å². The third kappa shape index (κ3) is 12.8. The molecular formula is C21H25Cl2OTi. The second-order valence-corrected chi connectivity index (χ2v) is 6.94. The van der Waals surface area contributed by atoms with Gasteiger partial charge in [-0.1, -0.05) is 49.4 Å². The Morgan fingerprint density at radius 1 is 0.960 bits per heavy atom. The maximum Gasteiger partial charge on any atom is 0.116 e. The van der Waals surface area contributed by atoms with Gasteiger partial charge in [0.1, 0.15) is 5.75 Å². The van der Waals surface area contributed by atoms with Crippen LogP contribution in [0.1, 0.15) is 27.2 Å². The van der Waals surface area contributed by atoms with E-state index in [1.807, 2.05) is 42.5 Å². The number of hydrogen-bond donors (Lipinski definition) is 1. The van der Waals surface area contributed by atoms with E-state index in [1.54, 1.807) is 12.1 Å². The van der Waals surface area contributed by atoms with Gasteiger partial charge in [0.2, 0.25) is 0 Å². The Kier molecular flexibility index (Phi) is 15.8. The van der Waals surface area contributed by atoms with Crippen LogP contribution in [0.3, 0.4) is 0 Å². The average molecular weight is 412 g/mol. The van der Waals surface area contributed by atoms with E-state index in [1.165, 1.54) is 9.38 Å². The molecular weight excluding hydrogens is 387 g/mol. The van der Waals surface area contributed by atoms with Crippen LogP contribution in [0.25, 0.3) is 11.1 Å². The van der Waals surface area contributed by atoms with Crippen LogP contribution >= 0.6 is 24.8 Å². The van der Waals surface area contributed by atoms with Crippen molar-refractivity contribution in [3.63, 3.8) is 0 Å². The molecule has 0 fully saturated rings. The molecule has 0 unspecified atom stereocenters. The van der Waals surface area contributed by atoms with Gasteiger partial charge in [-0.25, -0.2) is 11.6 Å². The van der Waals surface area contributed by atoms with Crippen LogP contribution in [0, 0.1) is 6.08 Å². The molecule has 0 radical (unpaired) electrons. The zero-order chi connectivity index (χ0) is 17.1. The quantitative estimate of drug-likeness (QED) is 0.428. The second-order valence-electron chi connectivity index (χ2n) is 5.38. The Balaban J connectivity index is 0. The van der Waals surface area contributed by atoms with Crippen molar-refractivity contribution in [2.24, 2.45) is 0 Å². The maximum absolute atomic E-state index is 9.27. The first-order valence-corrected chi connectivity index (χ1v) is 8.37. The minimum Gasteiger partial charge on any atom is -0.508 e. The summed E-state index contributed by atoms with van der Waals surface area (Å²) in [7, 11) is 0. The van der Waals surface area contributed by atoms with Crippen molar-refractivity contribution in [3.05, 3.63) is 78.4 Å². The number of aromatic hydroxyl groups is 1. The topological polar surface area (TPSA) is 20.2 Å². The van der Waals surface area contributed by atoms with Gasteiger partial charge in [0.15, 0.2) is 0 Å². The number of allylic oxidation sites excluding steroid dienone is 4. The zero-order valence-corrected chi connectivity index (χ0v) is 18.0. The van der Waals surface area contributed by atoms with Crippen LogP contribution in [0.4, 0.5) is 0 Å². The van der Waals surface area contributed by atoms with E-state index in [0.717, 1.165) is 17.5 Å². The van der Waals surface area contributed by atoms with E-state index in [-0.39, 0.29) is 24.8 Å². The van der Waals surface area contributed by atoms with Crippen LogP contribution in [-0.2, 0) is 20.0 Å². The SMILES string of the molecule is CC1=[C-]CC=C1.C[C](C)=[Ti+].Cl.Cl.Oc1cccc(-c2ccccc2)c1. The minimum atomic E-state index is 0. The van der Waals surface area contributed by atoms with Gasteiger partial charge in [-0.15, -0.1) is 31.2 Å². The summed E-state index contributed by atoms with van der Waals surface area (Å²) in [6.07, 6.45) is 8.33. The van der Waals surface area contributed by atoms with Crippen LogP contribution in [0.2, 0.25) is 0 Å². The fourth-order valence-electron chi connectivity index (χ4n) is 1.83. The smallest absolute Gasteiger partial charge is 0.116 e. The van der Waals surface area contributed by atoms with E-state index in [0.29, 0.717) is 5.75 Å². The molecule has 4 heteroatoms. The van der Waals surface area contributed by atoms with Gasteiger partial charge >= 0.3 is 37.6 Å². The van der Waals surface area contributed by atoms with Gasteiger partial charge in [-0.3, -0.25) is 6.08 Å². The number of hydrogen-bond acceptors (Lipinski definition) is 1. The number of benzene rings is 2. The van der Waals surface area contributed by atoms with Crippen LogP contribution in [0.15, 0.2) is 72.3 Å². The van der Waals surface area contributed by atoms with Crippen molar-refractivity contribution < 1.29 is 25.1 Å². The third-order valence-corrected chi connectivity index (χ3v) is 2.82. The van der Waals surface area contributed by atoms with Gasteiger partial charge in [-0.05, 0) is 23.3 Å². The van der Waals surface area contributed by atoms with E-state index < -0.39 is 0 Å². The largest absolute Gasteiger partial charge is 0.508 e. The molecule has 0 heterocycles. The number of phenolic OH excluding ortho intramolecular Hbond substituents is 1. The van der Waals surface area contributed by atoms with Crippen LogP contribution in [0.5, 0.6) is 5.75 Å². The summed E-state index contributed by atoms with van der Waals surface area (Å²) in [5, 5.41) is 9.27. The normalized spacial score (nSPS) is 10.7. The number of phenols is 1. The summed E-state index contributed by atoms with van der Waals surface area (Å²) in [5.74, 6) is 0.307. The summed E-state index contributed by atoms with van der Waals surface area (Å²) in [4.78, 5) is 0. The molecule has 0 amide bonds. The predicted molar refractivity (Wildman–Crippen MR) is 111 cm³/mol. The number of halogens is 2. The first-order chi connectivity index (χ1) is 11.0. The molecule has 0 bridgehead atoms. The van der Waals surface area contributed by atoms with Gasteiger partial charge in [0, 0.05) is 0 Å². The first-order valence-electron chi connectivity index (χ1n) is 7.59. The van der Waals surface area contributed by atoms with Crippen molar-refractivity contribution in [1.29, 1.82) is 0 Å². The minimum absolute atomic E-state index is 0. The molecule has 3 rings (SSSR count). The van der Waals surface area contributed by atoms with E-state index in [4.69, 9.17) is 0 Å². The fourth-order valence-corrected chi connectivity index (χ4v) is 1.83. The standard InChI is InChI=1S/C12H10O.C6H7.C3H6.2ClH.Ti/c13-12-8-4-7-11(9-12)10-5-2-1-3-6-10;1-6-4-2-3-5-6;1-3-2;;;/h1-9,13H;2,4H,3H2,1H3;1-2H3;2*1H;/q;-1;;;;+1. The number of rotatable bonds is 1. The second kappa shape index (κ2) is 15.2. The third-order valence-electron chi connectivity index (χ3n) is 2.82. The summed E-state index contributed by atoms with van der Waals surface area (Å²) >= 11 is 2.08. The summed E-state index contributed by atoms with van der Waals surface area (Å²) in [6, 6.07) is 17.3. The van der Waals surface area contributed by atoms with Crippen molar-refractivity contribution in [2.75, 3.05) is 0 Å². The molecule has 0 atom stereocenters. The molecule has 25 heavy (non-hydrogen) atoms. The molecule has 0 aliphatic heterocycles. The average Bonchev–Trinajstić information content (AvgIpc) is 2.99. The monoisotopic (exact) mass is 411 g/mol. The van der Waals surface area contributed by atoms with Crippen LogP contribution in [-0.4, -0.2) is 8.92 Å². The predicted octanol–water partition coefficient (Wildman–Crippen LogP) is 6.34. The Bertz CT molecular complexity index is 673. The summed E-state index contributed by atoms with van der Waals surface area (Å²) < 4.78 is 1.42. The van der Waals surface area contributed by atoms with E-state index >= 15 is 0 Å². The molecule has 2 aromatic rings. The Hall–Kier alpha value is -1.12. The van der Waals surface area contributed by atoms with Crippen molar-refractivity contribution in [1.82, 2.24) is 0 Å². The van der Waals surface area contributed by atoms with E-state index in [9.17, 15) is 5.11 Å². The van der Waals surface area contributed by atoms with E-state index in [2.05, 4.69) is 59.0 Å². The molecule has 133 valence electrons. The molecule has 1 aliphatic carbocycles. The molecule has 1 aliphatic rings. The van der Waals surface area contributed by atoms with Gasteiger partial charge in [0.05, 0.1) is 0 Å². The van der Waals surface area contributed by atoms with Gasteiger partial charge in [0.25, 0.3) is 0 Å². The molecule has 0 spiro atoms.